The molecular weight excluding hydrogens is 552 g/mol. The summed E-state index contributed by atoms with van der Waals surface area (Å²) in [5, 5.41) is 7.30. The third-order valence-electron chi connectivity index (χ3n) is 8.70. The molecule has 0 fully saturated rings. The van der Waals surface area contributed by atoms with Gasteiger partial charge in [-0.25, -0.2) is 9.67 Å². The molecule has 3 aromatic heterocycles. The number of pyridine rings is 1. The van der Waals surface area contributed by atoms with Crippen LogP contribution in [0.4, 0.5) is 0 Å². The lowest BCUT2D eigenvalue weighted by molar-refractivity contribution is 0.482. The van der Waals surface area contributed by atoms with Crippen molar-refractivity contribution in [2.24, 2.45) is 0 Å². The fraction of sp³-hybridized carbons (Fsp3) is 0.200. The zero-order valence-corrected chi connectivity index (χ0v) is 26.8. The molecule has 5 nitrogen and oxygen atoms in total. The Kier molecular flexibility index (Phi) is 7.04. The van der Waals surface area contributed by atoms with Crippen LogP contribution in [0.15, 0.2) is 109 Å². The molecule has 45 heavy (non-hydrogen) atoms. The maximum Gasteiger partial charge on any atom is 0.137 e. The van der Waals surface area contributed by atoms with Crippen LogP contribution in [0.3, 0.4) is 0 Å². The van der Waals surface area contributed by atoms with E-state index in [1.54, 1.807) is 0 Å². The zero-order valence-electron chi connectivity index (χ0n) is 26.8. The maximum absolute atomic E-state index is 6.55. The summed E-state index contributed by atoms with van der Waals surface area (Å²) in [6, 6.07) is 36.0. The molecule has 4 aromatic carbocycles. The van der Waals surface area contributed by atoms with E-state index in [1.807, 2.05) is 29.1 Å². The first kappa shape index (κ1) is 28.6. The van der Waals surface area contributed by atoms with Gasteiger partial charge in [0.1, 0.15) is 17.3 Å². The van der Waals surface area contributed by atoms with Crippen molar-refractivity contribution < 1.29 is 4.74 Å². The van der Waals surface area contributed by atoms with Crippen LogP contribution in [0.2, 0.25) is 0 Å². The highest BCUT2D eigenvalue weighted by Crippen LogP contribution is 2.38. The van der Waals surface area contributed by atoms with E-state index in [0.717, 1.165) is 57.4 Å². The molecule has 0 aliphatic rings. The molecule has 3 heterocycles. The summed E-state index contributed by atoms with van der Waals surface area (Å²) < 4.78 is 10.8. The summed E-state index contributed by atoms with van der Waals surface area (Å²) in [6.45, 7) is 13.1. The number of fused-ring (bicyclic) bond motifs is 3. The molecule has 0 amide bonds. The Bertz CT molecular complexity index is 2180. The van der Waals surface area contributed by atoms with Crippen LogP contribution < -0.4 is 4.74 Å². The second-order valence-corrected chi connectivity index (χ2v) is 12.8. The molecule has 0 saturated heterocycles. The predicted molar refractivity (Wildman–Crippen MR) is 185 cm³/mol. The Morgan fingerprint density at radius 3 is 2.31 bits per heavy atom. The first-order valence-electron chi connectivity index (χ1n) is 15.6. The van der Waals surface area contributed by atoms with Crippen molar-refractivity contribution in [1.29, 1.82) is 0 Å². The van der Waals surface area contributed by atoms with Crippen molar-refractivity contribution in [1.82, 2.24) is 19.3 Å². The minimum absolute atomic E-state index is 0.0460. The summed E-state index contributed by atoms with van der Waals surface area (Å²) in [7, 11) is 0. The first-order valence-corrected chi connectivity index (χ1v) is 15.6. The second kappa shape index (κ2) is 11.1. The third-order valence-corrected chi connectivity index (χ3v) is 8.70. The van der Waals surface area contributed by atoms with Gasteiger partial charge < -0.3 is 4.74 Å². The van der Waals surface area contributed by atoms with Crippen LogP contribution in [0.5, 0.6) is 11.5 Å². The van der Waals surface area contributed by atoms with Gasteiger partial charge in [-0.2, -0.15) is 5.10 Å². The van der Waals surface area contributed by atoms with Crippen LogP contribution in [0, 0.1) is 13.8 Å². The average Bonchev–Trinajstić information content (AvgIpc) is 3.53. The normalized spacial score (nSPS) is 11.9. The number of hydrogen-bond donors (Lipinski definition) is 0. The zero-order chi connectivity index (χ0) is 31.3. The lowest BCUT2D eigenvalue weighted by Crippen LogP contribution is -2.10. The Hall–Kier alpha value is -5.16. The van der Waals surface area contributed by atoms with Crippen LogP contribution in [-0.2, 0) is 11.8 Å². The van der Waals surface area contributed by atoms with Gasteiger partial charge in [0, 0.05) is 40.4 Å². The fourth-order valence-electron chi connectivity index (χ4n) is 6.31. The standard InChI is InChI=1S/C40H38N4O/c1-7-28-20-21-41-38(22-28)43-36-19-16-30(40(4,5)6)23-35(36)34-18-17-33(25-37(34)43)45-32-15-11-14-31(24-32)44-27(3)39(26(2)42-44)29-12-9-8-10-13-29/h8-25H,7H2,1-6H3. The summed E-state index contributed by atoms with van der Waals surface area (Å²) in [5.41, 5.74) is 10.2. The smallest absolute Gasteiger partial charge is 0.137 e. The number of aromatic nitrogens is 4. The molecule has 0 saturated carbocycles. The third kappa shape index (κ3) is 5.18. The molecule has 7 rings (SSSR count). The molecule has 0 bridgehead atoms. The van der Waals surface area contributed by atoms with E-state index in [-0.39, 0.29) is 5.41 Å². The quantitative estimate of drug-likeness (QED) is 0.194. The van der Waals surface area contributed by atoms with Crippen molar-refractivity contribution in [2.75, 3.05) is 0 Å². The van der Waals surface area contributed by atoms with Crippen LogP contribution in [0.1, 0.15) is 50.2 Å². The van der Waals surface area contributed by atoms with Crippen LogP contribution in [-0.4, -0.2) is 19.3 Å². The van der Waals surface area contributed by atoms with Gasteiger partial charge in [0.25, 0.3) is 0 Å². The molecule has 224 valence electrons. The van der Waals surface area contributed by atoms with Gasteiger partial charge in [0.15, 0.2) is 0 Å². The van der Waals surface area contributed by atoms with Crippen LogP contribution in [0.25, 0.3) is 44.4 Å². The second-order valence-electron chi connectivity index (χ2n) is 12.8. The summed E-state index contributed by atoms with van der Waals surface area (Å²) in [5.74, 6) is 2.44. The lowest BCUT2D eigenvalue weighted by Gasteiger charge is -2.19. The summed E-state index contributed by atoms with van der Waals surface area (Å²) in [4.78, 5) is 4.81. The van der Waals surface area contributed by atoms with E-state index in [9.17, 15) is 0 Å². The van der Waals surface area contributed by atoms with E-state index >= 15 is 0 Å². The predicted octanol–water partition coefficient (Wildman–Crippen LogP) is 10.3. The van der Waals surface area contributed by atoms with Gasteiger partial charge in [-0.3, -0.25) is 4.57 Å². The molecule has 0 atom stereocenters. The molecule has 0 spiro atoms. The number of benzene rings is 4. The van der Waals surface area contributed by atoms with E-state index in [1.165, 1.54) is 27.5 Å². The Morgan fingerprint density at radius 2 is 1.53 bits per heavy atom. The van der Waals surface area contributed by atoms with Gasteiger partial charge in [0.2, 0.25) is 0 Å². The summed E-state index contributed by atoms with van der Waals surface area (Å²) >= 11 is 0. The minimum atomic E-state index is 0.0460. The highest BCUT2D eigenvalue weighted by atomic mass is 16.5. The van der Waals surface area contributed by atoms with Crippen molar-refractivity contribution in [2.45, 2.75) is 53.4 Å². The number of hydrogen-bond acceptors (Lipinski definition) is 3. The Morgan fingerprint density at radius 1 is 0.733 bits per heavy atom. The van der Waals surface area contributed by atoms with Gasteiger partial charge in [-0.05, 0) is 90.9 Å². The van der Waals surface area contributed by atoms with Gasteiger partial charge in [-0.15, -0.1) is 0 Å². The lowest BCUT2D eigenvalue weighted by atomic mass is 9.86. The first-order chi connectivity index (χ1) is 21.7. The Balaban J connectivity index is 1.31. The number of ether oxygens (including phenoxy) is 1. The fourth-order valence-corrected chi connectivity index (χ4v) is 6.31. The molecule has 0 radical (unpaired) electrons. The monoisotopic (exact) mass is 590 g/mol. The van der Waals surface area contributed by atoms with Crippen molar-refractivity contribution in [3.8, 4) is 34.1 Å². The molecule has 0 aliphatic heterocycles. The number of nitrogens with zero attached hydrogens (tertiary/aromatic N) is 4. The van der Waals surface area contributed by atoms with Gasteiger partial charge >= 0.3 is 0 Å². The summed E-state index contributed by atoms with van der Waals surface area (Å²) in [6.07, 6.45) is 2.86. The maximum atomic E-state index is 6.55. The van der Waals surface area contributed by atoms with Crippen molar-refractivity contribution in [3.63, 3.8) is 0 Å². The highest BCUT2D eigenvalue weighted by molar-refractivity contribution is 6.09. The van der Waals surface area contributed by atoms with E-state index in [2.05, 4.69) is 131 Å². The molecule has 5 heteroatoms. The molecule has 0 aliphatic carbocycles. The molecule has 7 aromatic rings. The van der Waals surface area contributed by atoms with Gasteiger partial charge in [-0.1, -0.05) is 70.2 Å². The van der Waals surface area contributed by atoms with E-state index in [4.69, 9.17) is 14.8 Å². The molecule has 0 unspecified atom stereocenters. The molecule has 0 N–H and O–H groups in total. The topological polar surface area (TPSA) is 44.9 Å². The number of rotatable bonds is 6. The molecular formula is C40H38N4O. The van der Waals surface area contributed by atoms with Crippen molar-refractivity contribution in [3.05, 3.63) is 132 Å². The average molecular weight is 591 g/mol. The number of aryl methyl sites for hydroxylation is 2. The largest absolute Gasteiger partial charge is 0.457 e. The highest BCUT2D eigenvalue weighted by Gasteiger charge is 2.20. The Labute approximate surface area is 264 Å². The van der Waals surface area contributed by atoms with Crippen molar-refractivity contribution >= 4 is 21.8 Å². The van der Waals surface area contributed by atoms with E-state index < -0.39 is 0 Å². The van der Waals surface area contributed by atoms with Gasteiger partial charge in [0.05, 0.1) is 22.4 Å². The van der Waals surface area contributed by atoms with E-state index in [0.29, 0.717) is 0 Å². The van der Waals surface area contributed by atoms with Crippen LogP contribution >= 0.6 is 0 Å². The SMILES string of the molecule is CCc1ccnc(-n2c3ccc(C(C)(C)C)cc3c3ccc(Oc4cccc(-n5nc(C)c(-c6ccccc6)c5C)c4)cc32)c1. The minimum Gasteiger partial charge on any atom is -0.457 e.